The predicted molar refractivity (Wildman–Crippen MR) is 91.4 cm³/mol. The Bertz CT molecular complexity index is 916. The molecular weight excluding hydrogens is 326 g/mol. The van der Waals surface area contributed by atoms with Gasteiger partial charge in [-0.25, -0.2) is 14.5 Å². The van der Waals surface area contributed by atoms with Crippen molar-refractivity contribution in [2.45, 2.75) is 32.6 Å². The molecule has 1 aliphatic carbocycles. The quantitative estimate of drug-likeness (QED) is 0.700. The summed E-state index contributed by atoms with van der Waals surface area (Å²) in [5.74, 6) is 0.476. The van der Waals surface area contributed by atoms with Crippen molar-refractivity contribution in [2.24, 2.45) is 5.92 Å². The Morgan fingerprint density at radius 1 is 1.54 bits per heavy atom. The van der Waals surface area contributed by atoms with E-state index >= 15 is 0 Å². The molecule has 0 spiro atoms. The number of hydrogen-bond donors (Lipinski definition) is 2. The molecule has 3 aromatic heterocycles. The third kappa shape index (κ3) is 2.55. The first-order valence-electron chi connectivity index (χ1n) is 8.22. The fourth-order valence-corrected chi connectivity index (χ4v) is 4.38. The highest BCUT2D eigenvalue weighted by atomic mass is 32.1. The third-order valence-corrected chi connectivity index (χ3v) is 5.65. The van der Waals surface area contributed by atoms with Gasteiger partial charge in [0.1, 0.15) is 11.2 Å². The number of carbonyl (C=O) groups is 1. The Balaban J connectivity index is 1.77. The van der Waals surface area contributed by atoms with Crippen LogP contribution in [0.2, 0.25) is 0 Å². The van der Waals surface area contributed by atoms with Crippen LogP contribution in [0, 0.1) is 5.92 Å². The molecule has 8 heteroatoms. The summed E-state index contributed by atoms with van der Waals surface area (Å²) in [6.07, 6.45) is 5.47. The van der Waals surface area contributed by atoms with E-state index < -0.39 is 0 Å². The van der Waals surface area contributed by atoms with Gasteiger partial charge in [0.2, 0.25) is 5.82 Å². The molecule has 4 rings (SSSR count). The van der Waals surface area contributed by atoms with Crippen LogP contribution in [0.1, 0.15) is 40.8 Å². The zero-order chi connectivity index (χ0) is 16.7. The molecule has 1 aliphatic rings. The van der Waals surface area contributed by atoms with E-state index in [0.717, 1.165) is 23.1 Å². The fraction of sp³-hybridized carbons (Fsp3) is 0.500. The smallest absolute Gasteiger partial charge is 0.290 e. The molecule has 3 heterocycles. The Hall–Kier alpha value is -2.06. The number of carbonyl (C=O) groups excluding carboxylic acids is 1. The van der Waals surface area contributed by atoms with Crippen LogP contribution in [0.15, 0.2) is 6.33 Å². The summed E-state index contributed by atoms with van der Waals surface area (Å²) in [6.45, 7) is 2.72. The van der Waals surface area contributed by atoms with Crippen LogP contribution in [-0.4, -0.2) is 43.7 Å². The van der Waals surface area contributed by atoms with Gasteiger partial charge in [-0.05, 0) is 37.2 Å². The molecule has 1 amide bonds. The highest BCUT2D eigenvalue weighted by Crippen LogP contribution is 2.38. The van der Waals surface area contributed by atoms with E-state index in [1.54, 1.807) is 22.2 Å². The van der Waals surface area contributed by atoms with Crippen molar-refractivity contribution in [2.75, 3.05) is 13.2 Å². The average Bonchev–Trinajstić information content (AvgIpc) is 3.15. The largest absolute Gasteiger partial charge is 0.396 e. The van der Waals surface area contributed by atoms with Gasteiger partial charge in [0, 0.05) is 18.0 Å². The van der Waals surface area contributed by atoms with Gasteiger partial charge in [-0.2, -0.15) is 0 Å². The first-order valence-corrected chi connectivity index (χ1v) is 9.03. The Labute approximate surface area is 142 Å². The number of nitrogens with zero attached hydrogens (tertiary/aromatic N) is 4. The van der Waals surface area contributed by atoms with E-state index in [2.05, 4.69) is 27.3 Å². The fourth-order valence-electron chi connectivity index (χ4n) is 3.20. The summed E-state index contributed by atoms with van der Waals surface area (Å²) in [5.41, 5.74) is 2.03. The lowest BCUT2D eigenvalue weighted by atomic mass is 9.89. The number of thiophene rings is 1. The molecule has 126 valence electrons. The second-order valence-electron chi connectivity index (χ2n) is 6.31. The maximum absolute atomic E-state index is 12.2. The zero-order valence-corrected chi connectivity index (χ0v) is 14.3. The molecule has 0 aliphatic heterocycles. The van der Waals surface area contributed by atoms with Crippen LogP contribution in [0.4, 0.5) is 0 Å². The molecular formula is C16H19N5O2S. The molecule has 0 saturated heterocycles. The van der Waals surface area contributed by atoms with Gasteiger partial charge in [-0.3, -0.25) is 4.79 Å². The number of aryl methyl sites for hydroxylation is 1. The lowest BCUT2D eigenvalue weighted by Crippen LogP contribution is -2.26. The molecule has 3 aromatic rings. The minimum Gasteiger partial charge on any atom is -0.396 e. The maximum atomic E-state index is 12.2. The van der Waals surface area contributed by atoms with Crippen LogP contribution in [0.5, 0.6) is 0 Å². The van der Waals surface area contributed by atoms with Gasteiger partial charge in [0.25, 0.3) is 5.91 Å². The molecule has 0 bridgehead atoms. The number of aliphatic hydroxyl groups excluding tert-OH is 1. The first-order chi connectivity index (χ1) is 11.7. The molecule has 0 fully saturated rings. The van der Waals surface area contributed by atoms with E-state index in [0.29, 0.717) is 24.5 Å². The van der Waals surface area contributed by atoms with Crippen LogP contribution in [0.3, 0.4) is 0 Å². The summed E-state index contributed by atoms with van der Waals surface area (Å²) < 4.78 is 1.59. The lowest BCUT2D eigenvalue weighted by Gasteiger charge is -2.17. The first kappa shape index (κ1) is 15.5. The molecule has 7 nitrogen and oxygen atoms in total. The second kappa shape index (κ2) is 6.10. The van der Waals surface area contributed by atoms with Gasteiger partial charge in [-0.1, -0.05) is 6.92 Å². The normalized spacial score (nSPS) is 17.3. The van der Waals surface area contributed by atoms with Crippen LogP contribution in [0.25, 0.3) is 15.9 Å². The number of aromatic nitrogens is 4. The van der Waals surface area contributed by atoms with Crippen molar-refractivity contribution in [3.05, 3.63) is 22.6 Å². The van der Waals surface area contributed by atoms with Crippen LogP contribution in [-0.2, 0) is 12.8 Å². The van der Waals surface area contributed by atoms with Gasteiger partial charge in [0.15, 0.2) is 5.65 Å². The second-order valence-corrected chi connectivity index (χ2v) is 7.40. The highest BCUT2D eigenvalue weighted by Gasteiger charge is 2.24. The number of hydrogen-bond acceptors (Lipinski definition) is 6. The molecule has 24 heavy (non-hydrogen) atoms. The summed E-state index contributed by atoms with van der Waals surface area (Å²) in [5, 5.41) is 16.8. The number of nitrogens with one attached hydrogen (secondary N) is 1. The Kier molecular flexibility index (Phi) is 3.93. The van der Waals surface area contributed by atoms with Crippen molar-refractivity contribution in [1.29, 1.82) is 0 Å². The van der Waals surface area contributed by atoms with E-state index in [1.807, 2.05) is 0 Å². The molecule has 2 N–H and O–H groups in total. The van der Waals surface area contributed by atoms with Gasteiger partial charge >= 0.3 is 0 Å². The summed E-state index contributed by atoms with van der Waals surface area (Å²) in [6, 6.07) is 0. The molecule has 0 unspecified atom stereocenters. The van der Waals surface area contributed by atoms with Crippen LogP contribution >= 0.6 is 11.3 Å². The highest BCUT2D eigenvalue weighted by molar-refractivity contribution is 7.19. The summed E-state index contributed by atoms with van der Waals surface area (Å²) in [7, 11) is 0. The van der Waals surface area contributed by atoms with E-state index in [4.69, 9.17) is 5.11 Å². The van der Waals surface area contributed by atoms with Crippen molar-refractivity contribution >= 4 is 33.1 Å². The summed E-state index contributed by atoms with van der Waals surface area (Å²) >= 11 is 1.73. The Morgan fingerprint density at radius 3 is 3.25 bits per heavy atom. The third-order valence-electron chi connectivity index (χ3n) is 4.45. The monoisotopic (exact) mass is 345 g/mol. The van der Waals surface area contributed by atoms with Crippen molar-refractivity contribution in [1.82, 2.24) is 24.9 Å². The minimum absolute atomic E-state index is 0.0443. The average molecular weight is 345 g/mol. The van der Waals surface area contributed by atoms with Crippen molar-refractivity contribution in [3.8, 4) is 0 Å². The molecule has 1 atom stereocenters. The number of amides is 1. The van der Waals surface area contributed by atoms with Gasteiger partial charge in [-0.15, -0.1) is 16.4 Å². The standard InChI is InChI=1S/C16H19N5O2S/c1-9-3-4-11-10(7-9)12-14-19-13(15(23)17-5-2-6-22)20-21(14)8-18-16(12)24-11/h8-9,22H,2-7H2,1H3,(H,17,23)/t9-/m1/s1. The molecule has 0 saturated carbocycles. The van der Waals surface area contributed by atoms with Crippen molar-refractivity contribution < 1.29 is 9.90 Å². The SMILES string of the molecule is C[C@@H]1CCc2sc3ncn4nc(C(=O)NCCCO)nc4c3c2C1. The number of rotatable bonds is 4. The van der Waals surface area contributed by atoms with Crippen molar-refractivity contribution in [3.63, 3.8) is 0 Å². The van der Waals surface area contributed by atoms with Gasteiger partial charge < -0.3 is 10.4 Å². The topological polar surface area (TPSA) is 92.4 Å². The van der Waals surface area contributed by atoms with E-state index in [1.165, 1.54) is 16.9 Å². The summed E-state index contributed by atoms with van der Waals surface area (Å²) in [4.78, 5) is 23.5. The number of fused-ring (bicyclic) bond motifs is 5. The predicted octanol–water partition coefficient (Wildman–Crippen LogP) is 1.58. The molecule has 0 aromatic carbocycles. The zero-order valence-electron chi connectivity index (χ0n) is 13.4. The van der Waals surface area contributed by atoms with E-state index in [-0.39, 0.29) is 18.3 Å². The molecule has 0 radical (unpaired) electrons. The minimum atomic E-state index is -0.322. The number of aliphatic hydroxyl groups is 1. The van der Waals surface area contributed by atoms with E-state index in [9.17, 15) is 4.79 Å². The maximum Gasteiger partial charge on any atom is 0.290 e. The van der Waals surface area contributed by atoms with Crippen LogP contribution < -0.4 is 5.32 Å². The Morgan fingerprint density at radius 2 is 2.42 bits per heavy atom. The lowest BCUT2D eigenvalue weighted by molar-refractivity contribution is 0.0941. The van der Waals surface area contributed by atoms with Gasteiger partial charge in [0.05, 0.1) is 5.39 Å².